The molecular formula is C16H19NO3S. The van der Waals surface area contributed by atoms with E-state index in [1.165, 1.54) is 10.6 Å². The molecule has 1 heterocycles. The van der Waals surface area contributed by atoms with Crippen molar-refractivity contribution in [1.29, 1.82) is 0 Å². The molecule has 2 aromatic rings. The molecule has 0 saturated carbocycles. The maximum Gasteiger partial charge on any atom is 0.420 e. The van der Waals surface area contributed by atoms with Gasteiger partial charge in [-0.15, -0.1) is 6.58 Å². The molecule has 1 N–H and O–H groups in total. The van der Waals surface area contributed by atoms with E-state index in [1.54, 1.807) is 12.1 Å². The summed E-state index contributed by atoms with van der Waals surface area (Å²) >= 11 is 5.45. The van der Waals surface area contributed by atoms with Gasteiger partial charge in [0.1, 0.15) is 16.0 Å². The van der Waals surface area contributed by atoms with Gasteiger partial charge in [-0.25, -0.2) is 4.79 Å². The summed E-state index contributed by atoms with van der Waals surface area (Å²) in [6.07, 6.45) is 2.37. The molecule has 112 valence electrons. The van der Waals surface area contributed by atoms with Crippen molar-refractivity contribution in [1.82, 2.24) is 4.57 Å². The molecular weight excluding hydrogens is 286 g/mol. The number of aromatic nitrogens is 1. The van der Waals surface area contributed by atoms with Crippen LogP contribution in [0.1, 0.15) is 44.7 Å². The summed E-state index contributed by atoms with van der Waals surface area (Å²) < 4.78 is 7.19. The smallest absolute Gasteiger partial charge is 0.420 e. The van der Waals surface area contributed by atoms with Gasteiger partial charge in [0.25, 0.3) is 0 Å². The Labute approximate surface area is 128 Å². The number of benzene rings is 1. The molecule has 1 aromatic heterocycles. The summed E-state index contributed by atoms with van der Waals surface area (Å²) in [5, 5.41) is 10.7. The molecule has 1 aromatic carbocycles. The van der Waals surface area contributed by atoms with Crippen molar-refractivity contribution in [3.63, 3.8) is 0 Å². The van der Waals surface area contributed by atoms with E-state index in [2.05, 4.69) is 6.58 Å². The molecule has 0 saturated heterocycles. The SMILES string of the molecule is C=CCC(C)n1c(=O)oc2cc(O)c(C(C)C)cc2c1=S. The lowest BCUT2D eigenvalue weighted by Crippen LogP contribution is -2.23. The van der Waals surface area contributed by atoms with E-state index in [0.717, 1.165) is 5.56 Å². The second kappa shape index (κ2) is 5.85. The Morgan fingerprint density at radius 3 is 2.67 bits per heavy atom. The number of hydrogen-bond donors (Lipinski definition) is 1. The number of phenols is 1. The molecule has 0 aliphatic rings. The van der Waals surface area contributed by atoms with Gasteiger partial charge in [0.2, 0.25) is 0 Å². The molecule has 1 unspecified atom stereocenters. The average molecular weight is 305 g/mol. The van der Waals surface area contributed by atoms with Crippen LogP contribution in [0.4, 0.5) is 0 Å². The average Bonchev–Trinajstić information content (AvgIpc) is 2.37. The molecule has 0 aliphatic heterocycles. The minimum atomic E-state index is -0.515. The van der Waals surface area contributed by atoms with E-state index < -0.39 is 5.76 Å². The lowest BCUT2D eigenvalue weighted by molar-refractivity contribution is 0.415. The molecule has 0 radical (unpaired) electrons. The Morgan fingerprint density at radius 2 is 2.10 bits per heavy atom. The van der Waals surface area contributed by atoms with E-state index in [9.17, 15) is 9.90 Å². The van der Waals surface area contributed by atoms with E-state index in [4.69, 9.17) is 16.6 Å². The van der Waals surface area contributed by atoms with Crippen LogP contribution in [0.5, 0.6) is 5.75 Å². The summed E-state index contributed by atoms with van der Waals surface area (Å²) in [6, 6.07) is 3.15. The predicted octanol–water partition coefficient (Wildman–Crippen LogP) is 4.29. The number of nitrogens with zero attached hydrogens (tertiary/aromatic N) is 1. The zero-order valence-electron chi connectivity index (χ0n) is 12.4. The van der Waals surface area contributed by atoms with E-state index >= 15 is 0 Å². The molecule has 1 atom stereocenters. The Balaban J connectivity index is 2.81. The van der Waals surface area contributed by atoms with E-state index in [1.807, 2.05) is 20.8 Å². The predicted molar refractivity (Wildman–Crippen MR) is 86.6 cm³/mol. The highest BCUT2D eigenvalue weighted by atomic mass is 32.1. The zero-order chi connectivity index (χ0) is 15.7. The Hall–Kier alpha value is -1.88. The molecule has 0 amide bonds. The van der Waals surface area contributed by atoms with Gasteiger partial charge in [-0.2, -0.15) is 0 Å². The Morgan fingerprint density at radius 1 is 1.43 bits per heavy atom. The van der Waals surface area contributed by atoms with Gasteiger partial charge < -0.3 is 9.52 Å². The maximum atomic E-state index is 12.1. The molecule has 0 spiro atoms. The van der Waals surface area contributed by atoms with E-state index in [-0.39, 0.29) is 17.7 Å². The fraction of sp³-hybridized carbons (Fsp3) is 0.375. The fourth-order valence-electron chi connectivity index (χ4n) is 2.38. The third kappa shape index (κ3) is 2.78. The largest absolute Gasteiger partial charge is 0.508 e. The van der Waals surface area contributed by atoms with Crippen LogP contribution in [0, 0.1) is 4.64 Å². The third-order valence-corrected chi connectivity index (χ3v) is 3.96. The van der Waals surface area contributed by atoms with Crippen LogP contribution in [0.15, 0.2) is 34.0 Å². The molecule has 4 nitrogen and oxygen atoms in total. The fourth-order valence-corrected chi connectivity index (χ4v) is 2.80. The monoisotopic (exact) mass is 305 g/mol. The number of fused-ring (bicyclic) bond motifs is 1. The summed E-state index contributed by atoms with van der Waals surface area (Å²) in [7, 11) is 0. The van der Waals surface area contributed by atoms with Crippen LogP contribution >= 0.6 is 12.2 Å². The first-order valence-electron chi connectivity index (χ1n) is 6.90. The number of allylic oxidation sites excluding steroid dienone is 1. The first-order chi connectivity index (χ1) is 9.86. The van der Waals surface area contributed by atoms with Crippen molar-refractivity contribution in [3.8, 4) is 5.75 Å². The first-order valence-corrected chi connectivity index (χ1v) is 7.30. The van der Waals surface area contributed by atoms with Gasteiger partial charge in [-0.3, -0.25) is 4.57 Å². The van der Waals surface area contributed by atoms with Crippen LogP contribution in [0.25, 0.3) is 11.0 Å². The Kier molecular flexibility index (Phi) is 4.32. The summed E-state index contributed by atoms with van der Waals surface area (Å²) in [5.74, 6) is -0.250. The van der Waals surface area contributed by atoms with Crippen molar-refractivity contribution >= 4 is 23.2 Å². The second-order valence-electron chi connectivity index (χ2n) is 5.48. The van der Waals surface area contributed by atoms with Crippen LogP contribution in [-0.2, 0) is 0 Å². The van der Waals surface area contributed by atoms with Crippen molar-refractivity contribution in [3.05, 3.63) is 45.5 Å². The topological polar surface area (TPSA) is 55.4 Å². The maximum absolute atomic E-state index is 12.1. The number of hydrogen-bond acceptors (Lipinski definition) is 4. The number of phenolic OH excluding ortho intramolecular Hbond substituents is 1. The quantitative estimate of drug-likeness (QED) is 0.676. The van der Waals surface area contributed by atoms with Gasteiger partial charge in [-0.1, -0.05) is 32.1 Å². The minimum absolute atomic E-state index is 0.118. The lowest BCUT2D eigenvalue weighted by atomic mass is 10.0. The molecule has 21 heavy (non-hydrogen) atoms. The normalized spacial score (nSPS) is 12.8. The number of aromatic hydroxyl groups is 1. The van der Waals surface area contributed by atoms with Crippen LogP contribution in [0.3, 0.4) is 0 Å². The van der Waals surface area contributed by atoms with Gasteiger partial charge >= 0.3 is 5.76 Å². The highest BCUT2D eigenvalue weighted by molar-refractivity contribution is 7.71. The summed E-state index contributed by atoms with van der Waals surface area (Å²) in [6.45, 7) is 9.54. The van der Waals surface area contributed by atoms with Crippen molar-refractivity contribution in [2.45, 2.75) is 39.2 Å². The van der Waals surface area contributed by atoms with Crippen LogP contribution in [-0.4, -0.2) is 9.67 Å². The van der Waals surface area contributed by atoms with Crippen LogP contribution < -0.4 is 5.76 Å². The van der Waals surface area contributed by atoms with Gasteiger partial charge in [0.05, 0.1) is 5.39 Å². The standard InChI is InChI=1S/C16H19NO3S/c1-5-6-10(4)17-15(21)12-7-11(9(2)3)13(18)8-14(12)20-16(17)19/h5,7-10,18H,1,6H2,2-4H3. The lowest BCUT2D eigenvalue weighted by Gasteiger charge is -2.15. The van der Waals surface area contributed by atoms with Crippen LogP contribution in [0.2, 0.25) is 0 Å². The number of rotatable bonds is 4. The molecule has 0 bridgehead atoms. The third-order valence-electron chi connectivity index (χ3n) is 3.54. The zero-order valence-corrected chi connectivity index (χ0v) is 13.2. The summed E-state index contributed by atoms with van der Waals surface area (Å²) in [5.41, 5.74) is 1.10. The van der Waals surface area contributed by atoms with Gasteiger partial charge in [0, 0.05) is 12.1 Å². The van der Waals surface area contributed by atoms with E-state index in [0.29, 0.717) is 22.0 Å². The highest BCUT2D eigenvalue weighted by Gasteiger charge is 2.15. The van der Waals surface area contributed by atoms with Crippen molar-refractivity contribution in [2.24, 2.45) is 0 Å². The van der Waals surface area contributed by atoms with Crippen molar-refractivity contribution < 1.29 is 9.52 Å². The van der Waals surface area contributed by atoms with Crippen molar-refractivity contribution in [2.75, 3.05) is 0 Å². The Bertz CT molecular complexity index is 801. The summed E-state index contributed by atoms with van der Waals surface area (Å²) in [4.78, 5) is 12.1. The molecule has 0 fully saturated rings. The first kappa shape index (κ1) is 15.5. The second-order valence-corrected chi connectivity index (χ2v) is 5.87. The highest BCUT2D eigenvalue weighted by Crippen LogP contribution is 2.30. The molecule has 2 rings (SSSR count). The van der Waals surface area contributed by atoms with Gasteiger partial charge in [-0.05, 0) is 30.9 Å². The molecule has 0 aliphatic carbocycles. The minimum Gasteiger partial charge on any atom is -0.508 e. The van der Waals surface area contributed by atoms with Gasteiger partial charge in [0.15, 0.2) is 0 Å². The molecule has 5 heteroatoms.